The number of amides is 1. The normalized spacial score (nSPS) is 18.6. The van der Waals surface area contributed by atoms with Crippen LogP contribution in [-0.4, -0.2) is 17.9 Å². The summed E-state index contributed by atoms with van der Waals surface area (Å²) in [5, 5.41) is 2.11. The third kappa shape index (κ3) is 3.15. The van der Waals surface area contributed by atoms with E-state index in [0.717, 1.165) is 23.2 Å². The van der Waals surface area contributed by atoms with Gasteiger partial charge in [-0.2, -0.15) is 0 Å². The van der Waals surface area contributed by atoms with E-state index >= 15 is 0 Å². The van der Waals surface area contributed by atoms with Crippen molar-refractivity contribution in [2.24, 2.45) is 5.41 Å². The van der Waals surface area contributed by atoms with Gasteiger partial charge in [-0.05, 0) is 45.8 Å². The molecule has 2 nitrogen and oxygen atoms in total. The minimum absolute atomic E-state index is 0.125. The van der Waals surface area contributed by atoms with Gasteiger partial charge in [0.1, 0.15) is 0 Å². The molecule has 0 unspecified atom stereocenters. The molecule has 0 N–H and O–H groups in total. The van der Waals surface area contributed by atoms with Gasteiger partial charge in [-0.15, -0.1) is 11.3 Å². The van der Waals surface area contributed by atoms with Crippen LogP contribution in [0, 0.1) is 5.41 Å². The lowest BCUT2D eigenvalue weighted by molar-refractivity contribution is -0.142. The van der Waals surface area contributed by atoms with E-state index in [9.17, 15) is 4.79 Å². The highest BCUT2D eigenvalue weighted by atomic mass is 79.9. The highest BCUT2D eigenvalue weighted by molar-refractivity contribution is 9.11. The smallest absolute Gasteiger partial charge is 0.228 e. The number of thiophene rings is 1. The van der Waals surface area contributed by atoms with E-state index in [1.807, 2.05) is 11.9 Å². The molecule has 4 heteroatoms. The molecular formula is C14H20BrNOS. The van der Waals surface area contributed by atoms with Crippen molar-refractivity contribution in [3.05, 3.63) is 20.8 Å². The van der Waals surface area contributed by atoms with Crippen molar-refractivity contribution >= 4 is 33.2 Å². The zero-order valence-electron chi connectivity index (χ0n) is 11.0. The van der Waals surface area contributed by atoms with Crippen LogP contribution in [0.4, 0.5) is 0 Å². The van der Waals surface area contributed by atoms with Crippen LogP contribution in [0.25, 0.3) is 0 Å². The fourth-order valence-electron chi connectivity index (χ4n) is 2.78. The van der Waals surface area contributed by atoms with E-state index in [0.29, 0.717) is 5.91 Å². The molecule has 100 valence electrons. The van der Waals surface area contributed by atoms with Gasteiger partial charge in [0.25, 0.3) is 0 Å². The van der Waals surface area contributed by atoms with Gasteiger partial charge in [-0.3, -0.25) is 4.79 Å². The molecule has 1 aliphatic rings. The van der Waals surface area contributed by atoms with Crippen LogP contribution in [0.2, 0.25) is 0 Å². The predicted octanol–water partition coefficient (Wildman–Crippen LogP) is 4.44. The zero-order valence-corrected chi connectivity index (χ0v) is 13.4. The number of carbonyl (C=O) groups excluding carboxylic acids is 1. The second-order valence-electron chi connectivity index (χ2n) is 5.54. The molecule has 1 aliphatic carbocycles. The zero-order chi connectivity index (χ0) is 13.2. The average Bonchev–Trinajstić information content (AvgIpc) is 2.74. The molecule has 1 aromatic heterocycles. The molecule has 0 spiro atoms. The summed E-state index contributed by atoms with van der Waals surface area (Å²) in [6.07, 6.45) is 5.76. The van der Waals surface area contributed by atoms with Crippen LogP contribution in [0.3, 0.4) is 0 Å². The van der Waals surface area contributed by atoms with Gasteiger partial charge < -0.3 is 4.90 Å². The fourth-order valence-corrected chi connectivity index (χ4v) is 3.98. The first-order valence-electron chi connectivity index (χ1n) is 6.50. The second-order valence-corrected chi connectivity index (χ2v) is 7.83. The Bertz CT molecular complexity index is 423. The Morgan fingerprint density at radius 2 is 2.11 bits per heavy atom. The first kappa shape index (κ1) is 14.1. The molecule has 18 heavy (non-hydrogen) atoms. The lowest BCUT2D eigenvalue weighted by atomic mass is 9.74. The highest BCUT2D eigenvalue weighted by Gasteiger charge is 2.36. The molecule has 0 aromatic carbocycles. The van der Waals surface area contributed by atoms with Crippen LogP contribution >= 0.6 is 27.3 Å². The van der Waals surface area contributed by atoms with Crippen molar-refractivity contribution in [2.75, 3.05) is 7.05 Å². The molecule has 1 fully saturated rings. The first-order valence-corrected chi connectivity index (χ1v) is 8.17. The Morgan fingerprint density at radius 1 is 1.44 bits per heavy atom. The van der Waals surface area contributed by atoms with E-state index in [1.165, 1.54) is 24.8 Å². The molecule has 0 radical (unpaired) electrons. The van der Waals surface area contributed by atoms with Crippen molar-refractivity contribution in [1.29, 1.82) is 0 Å². The minimum atomic E-state index is -0.125. The third-order valence-corrected chi connectivity index (χ3v) is 5.41. The van der Waals surface area contributed by atoms with Crippen LogP contribution in [-0.2, 0) is 11.3 Å². The Hall–Kier alpha value is -0.350. The topological polar surface area (TPSA) is 20.3 Å². The predicted molar refractivity (Wildman–Crippen MR) is 79.7 cm³/mol. The summed E-state index contributed by atoms with van der Waals surface area (Å²) in [7, 11) is 1.92. The number of carbonyl (C=O) groups is 1. The molecule has 1 amide bonds. The quantitative estimate of drug-likeness (QED) is 0.802. The maximum atomic E-state index is 12.5. The van der Waals surface area contributed by atoms with E-state index in [-0.39, 0.29) is 5.41 Å². The van der Waals surface area contributed by atoms with E-state index < -0.39 is 0 Å². The minimum Gasteiger partial charge on any atom is -0.341 e. The Labute approximate surface area is 122 Å². The van der Waals surface area contributed by atoms with Crippen molar-refractivity contribution < 1.29 is 4.79 Å². The van der Waals surface area contributed by atoms with Crippen molar-refractivity contribution in [1.82, 2.24) is 4.90 Å². The number of hydrogen-bond donors (Lipinski definition) is 0. The SMILES string of the molecule is CN(Cc1csc(Br)c1)C(=O)C1(C)CCCCC1. The van der Waals surface area contributed by atoms with Crippen molar-refractivity contribution in [3.8, 4) is 0 Å². The number of nitrogens with zero attached hydrogens (tertiary/aromatic N) is 1. The lowest BCUT2D eigenvalue weighted by Crippen LogP contribution is -2.41. The number of halogens is 1. The molecule has 1 aromatic rings. The molecule has 1 heterocycles. The number of rotatable bonds is 3. The van der Waals surface area contributed by atoms with Crippen molar-refractivity contribution in [3.63, 3.8) is 0 Å². The average molecular weight is 330 g/mol. The fraction of sp³-hybridized carbons (Fsp3) is 0.643. The Morgan fingerprint density at radius 3 is 2.67 bits per heavy atom. The Kier molecular flexibility index (Phi) is 4.49. The highest BCUT2D eigenvalue weighted by Crippen LogP contribution is 2.37. The van der Waals surface area contributed by atoms with Crippen LogP contribution in [0.5, 0.6) is 0 Å². The van der Waals surface area contributed by atoms with Gasteiger partial charge in [0.15, 0.2) is 0 Å². The second kappa shape index (κ2) is 5.74. The van der Waals surface area contributed by atoms with Gasteiger partial charge >= 0.3 is 0 Å². The summed E-state index contributed by atoms with van der Waals surface area (Å²) < 4.78 is 1.13. The summed E-state index contributed by atoms with van der Waals surface area (Å²) in [5.74, 6) is 0.310. The van der Waals surface area contributed by atoms with E-state index in [1.54, 1.807) is 11.3 Å². The maximum absolute atomic E-state index is 12.5. The molecule has 1 saturated carbocycles. The van der Waals surface area contributed by atoms with E-state index in [2.05, 4.69) is 34.3 Å². The maximum Gasteiger partial charge on any atom is 0.228 e. The van der Waals surface area contributed by atoms with E-state index in [4.69, 9.17) is 0 Å². The summed E-state index contributed by atoms with van der Waals surface area (Å²) >= 11 is 5.13. The molecule has 2 rings (SSSR count). The molecule has 0 bridgehead atoms. The van der Waals surface area contributed by atoms with Gasteiger partial charge in [-0.1, -0.05) is 26.2 Å². The standard InChI is InChI=1S/C14H20BrNOS/c1-14(6-4-3-5-7-14)13(17)16(2)9-11-8-12(15)18-10-11/h8,10H,3-7,9H2,1-2H3. The van der Waals surface area contributed by atoms with Gasteiger partial charge in [-0.25, -0.2) is 0 Å². The largest absolute Gasteiger partial charge is 0.341 e. The van der Waals surface area contributed by atoms with Crippen LogP contribution < -0.4 is 0 Å². The summed E-state index contributed by atoms with van der Waals surface area (Å²) in [6, 6.07) is 2.09. The number of hydrogen-bond acceptors (Lipinski definition) is 2. The third-order valence-electron chi connectivity index (χ3n) is 3.86. The molecule has 0 atom stereocenters. The van der Waals surface area contributed by atoms with Crippen LogP contribution in [0.1, 0.15) is 44.6 Å². The first-order chi connectivity index (χ1) is 8.51. The van der Waals surface area contributed by atoms with Gasteiger partial charge in [0, 0.05) is 19.0 Å². The summed E-state index contributed by atoms with van der Waals surface area (Å²) in [5.41, 5.74) is 1.09. The molecule has 0 saturated heterocycles. The lowest BCUT2D eigenvalue weighted by Gasteiger charge is -2.35. The summed E-state index contributed by atoms with van der Waals surface area (Å²) in [6.45, 7) is 2.85. The van der Waals surface area contributed by atoms with Crippen molar-refractivity contribution in [2.45, 2.75) is 45.6 Å². The van der Waals surface area contributed by atoms with Gasteiger partial charge in [0.05, 0.1) is 3.79 Å². The monoisotopic (exact) mass is 329 g/mol. The van der Waals surface area contributed by atoms with Gasteiger partial charge in [0.2, 0.25) is 5.91 Å². The van der Waals surface area contributed by atoms with Crippen LogP contribution in [0.15, 0.2) is 15.2 Å². The molecular weight excluding hydrogens is 310 g/mol. The molecule has 0 aliphatic heterocycles. The summed E-state index contributed by atoms with van der Waals surface area (Å²) in [4.78, 5) is 14.4. The Balaban J connectivity index is 1.99.